The summed E-state index contributed by atoms with van der Waals surface area (Å²) in [6, 6.07) is 9.10. The summed E-state index contributed by atoms with van der Waals surface area (Å²) in [5, 5.41) is 6.50. The minimum Gasteiger partial charge on any atom is -0.320 e. The zero-order valence-electron chi connectivity index (χ0n) is 5.40. The van der Waals surface area contributed by atoms with Gasteiger partial charge in [-0.2, -0.15) is 0 Å². The molecule has 0 aliphatic heterocycles. The number of hydrogen-bond donors (Lipinski definition) is 2. The van der Waals surface area contributed by atoms with Crippen LogP contribution in [-0.2, 0) is 0 Å². The third-order valence-electron chi connectivity index (χ3n) is 0.936. The minimum absolute atomic E-state index is 0.729. The first-order valence-electron chi connectivity index (χ1n) is 2.69. The SMILES string of the molecule is NO.O=Cc1ccccc1. The first kappa shape index (κ1) is 8.81. The lowest BCUT2D eigenvalue weighted by molar-refractivity contribution is 0.112. The maximum atomic E-state index is 10.0. The van der Waals surface area contributed by atoms with Crippen LogP contribution < -0.4 is 5.90 Å². The second-order valence-corrected chi connectivity index (χ2v) is 1.53. The predicted molar refractivity (Wildman–Crippen MR) is 37.8 cm³/mol. The van der Waals surface area contributed by atoms with Crippen LogP contribution >= 0.6 is 0 Å². The third kappa shape index (κ3) is 2.96. The Kier molecular flexibility index (Phi) is 5.23. The molecule has 0 fully saturated rings. The Balaban J connectivity index is 0.000000371. The second-order valence-electron chi connectivity index (χ2n) is 1.53. The van der Waals surface area contributed by atoms with Crippen molar-refractivity contribution in [3.63, 3.8) is 0 Å². The van der Waals surface area contributed by atoms with Gasteiger partial charge in [0.25, 0.3) is 0 Å². The predicted octanol–water partition coefficient (Wildman–Crippen LogP) is 0.833. The van der Waals surface area contributed by atoms with Gasteiger partial charge in [0.15, 0.2) is 0 Å². The molecule has 1 rings (SSSR count). The van der Waals surface area contributed by atoms with Gasteiger partial charge < -0.3 is 5.21 Å². The number of benzene rings is 1. The first-order chi connectivity index (χ1) is 4.93. The van der Waals surface area contributed by atoms with Crippen molar-refractivity contribution in [2.24, 2.45) is 5.90 Å². The van der Waals surface area contributed by atoms with Crippen LogP contribution in [0, 0.1) is 0 Å². The highest BCUT2D eigenvalue weighted by atomic mass is 16.4. The van der Waals surface area contributed by atoms with E-state index in [4.69, 9.17) is 5.21 Å². The Morgan fingerprint density at radius 3 is 2.00 bits per heavy atom. The van der Waals surface area contributed by atoms with Crippen molar-refractivity contribution in [2.75, 3.05) is 0 Å². The molecule has 3 heteroatoms. The average molecular weight is 139 g/mol. The number of hydrogen-bond acceptors (Lipinski definition) is 3. The van der Waals surface area contributed by atoms with Crippen LogP contribution in [0.2, 0.25) is 0 Å². The van der Waals surface area contributed by atoms with Gasteiger partial charge in [0.2, 0.25) is 0 Å². The number of carbonyl (C=O) groups is 1. The van der Waals surface area contributed by atoms with Crippen LogP contribution in [-0.4, -0.2) is 11.5 Å². The number of aldehydes is 1. The van der Waals surface area contributed by atoms with Crippen molar-refractivity contribution in [3.05, 3.63) is 35.9 Å². The van der Waals surface area contributed by atoms with Gasteiger partial charge in [0, 0.05) is 5.56 Å². The molecule has 0 heterocycles. The molecule has 1 aromatic rings. The summed E-state index contributed by atoms with van der Waals surface area (Å²) in [5.74, 6) is 3.50. The molecular formula is C7H9NO2. The van der Waals surface area contributed by atoms with E-state index in [0.29, 0.717) is 0 Å². The molecule has 0 aliphatic carbocycles. The monoisotopic (exact) mass is 139 g/mol. The molecule has 0 saturated carbocycles. The summed E-state index contributed by atoms with van der Waals surface area (Å²) in [7, 11) is 0. The second kappa shape index (κ2) is 5.94. The van der Waals surface area contributed by atoms with Crippen molar-refractivity contribution >= 4 is 6.29 Å². The van der Waals surface area contributed by atoms with Crippen LogP contribution in [0.5, 0.6) is 0 Å². The Bertz CT molecular complexity index is 174. The lowest BCUT2D eigenvalue weighted by Gasteiger charge is -1.81. The molecule has 54 valence electrons. The summed E-state index contributed by atoms with van der Waals surface area (Å²) < 4.78 is 0. The zero-order valence-corrected chi connectivity index (χ0v) is 5.40. The van der Waals surface area contributed by atoms with Gasteiger partial charge in [0.05, 0.1) is 0 Å². The van der Waals surface area contributed by atoms with Gasteiger partial charge >= 0.3 is 0 Å². The molecule has 0 saturated heterocycles. The van der Waals surface area contributed by atoms with E-state index in [1.54, 1.807) is 12.1 Å². The Morgan fingerprint density at radius 2 is 1.70 bits per heavy atom. The van der Waals surface area contributed by atoms with Crippen LogP contribution in [0.4, 0.5) is 0 Å². The van der Waals surface area contributed by atoms with Gasteiger partial charge in [-0.1, -0.05) is 30.3 Å². The Morgan fingerprint density at radius 1 is 1.20 bits per heavy atom. The van der Waals surface area contributed by atoms with E-state index in [1.165, 1.54) is 0 Å². The van der Waals surface area contributed by atoms with E-state index in [1.807, 2.05) is 18.2 Å². The molecule has 0 aliphatic rings. The molecule has 0 unspecified atom stereocenters. The maximum Gasteiger partial charge on any atom is 0.150 e. The van der Waals surface area contributed by atoms with Crippen molar-refractivity contribution in [1.82, 2.24) is 0 Å². The lowest BCUT2D eigenvalue weighted by atomic mass is 10.2. The van der Waals surface area contributed by atoms with Gasteiger partial charge in [-0.15, -0.1) is 0 Å². The van der Waals surface area contributed by atoms with E-state index in [-0.39, 0.29) is 0 Å². The summed E-state index contributed by atoms with van der Waals surface area (Å²) in [6.07, 6.45) is 0.833. The Hall–Kier alpha value is -1.19. The van der Waals surface area contributed by atoms with E-state index in [9.17, 15) is 4.79 Å². The number of carbonyl (C=O) groups excluding carboxylic acids is 1. The fourth-order valence-corrected chi connectivity index (χ4v) is 0.532. The quantitative estimate of drug-likeness (QED) is 0.447. The van der Waals surface area contributed by atoms with Crippen molar-refractivity contribution in [3.8, 4) is 0 Å². The highest BCUT2D eigenvalue weighted by molar-refractivity contribution is 5.74. The van der Waals surface area contributed by atoms with E-state index < -0.39 is 0 Å². The van der Waals surface area contributed by atoms with Crippen molar-refractivity contribution in [2.45, 2.75) is 0 Å². The molecule has 0 amide bonds. The summed E-state index contributed by atoms with van der Waals surface area (Å²) in [6.45, 7) is 0. The number of nitrogens with two attached hydrogens (primary N) is 1. The van der Waals surface area contributed by atoms with Crippen molar-refractivity contribution in [1.29, 1.82) is 0 Å². The lowest BCUT2D eigenvalue weighted by Crippen LogP contribution is -1.73. The topological polar surface area (TPSA) is 63.3 Å². The molecule has 3 nitrogen and oxygen atoms in total. The van der Waals surface area contributed by atoms with Gasteiger partial charge in [-0.05, 0) is 0 Å². The molecular weight excluding hydrogens is 130 g/mol. The molecule has 1 aromatic carbocycles. The van der Waals surface area contributed by atoms with Gasteiger partial charge in [0.1, 0.15) is 6.29 Å². The van der Waals surface area contributed by atoms with Gasteiger partial charge in [-0.3, -0.25) is 4.79 Å². The summed E-state index contributed by atoms with van der Waals surface area (Å²) in [5.41, 5.74) is 0.729. The molecule has 0 atom stereocenters. The highest BCUT2D eigenvalue weighted by Crippen LogP contribution is 1.91. The maximum absolute atomic E-state index is 10.0. The normalized spacial score (nSPS) is 7.40. The minimum atomic E-state index is 0.729. The van der Waals surface area contributed by atoms with E-state index in [2.05, 4.69) is 5.90 Å². The molecule has 0 bridgehead atoms. The molecule has 0 aromatic heterocycles. The average Bonchev–Trinajstić information content (AvgIpc) is 2.10. The first-order valence-corrected chi connectivity index (χ1v) is 2.69. The molecule has 3 N–H and O–H groups in total. The fourth-order valence-electron chi connectivity index (χ4n) is 0.532. The van der Waals surface area contributed by atoms with Crippen LogP contribution in [0.15, 0.2) is 30.3 Å². The molecule has 0 radical (unpaired) electrons. The molecule has 10 heavy (non-hydrogen) atoms. The Labute approximate surface area is 59.1 Å². The fraction of sp³-hybridized carbons (Fsp3) is 0. The highest BCUT2D eigenvalue weighted by Gasteiger charge is 1.79. The largest absolute Gasteiger partial charge is 0.320 e. The van der Waals surface area contributed by atoms with Crippen molar-refractivity contribution < 1.29 is 10.0 Å². The van der Waals surface area contributed by atoms with Gasteiger partial charge in [-0.25, -0.2) is 5.90 Å². The van der Waals surface area contributed by atoms with Crippen LogP contribution in [0.3, 0.4) is 0 Å². The smallest absolute Gasteiger partial charge is 0.150 e. The summed E-state index contributed by atoms with van der Waals surface area (Å²) in [4.78, 5) is 10.0. The summed E-state index contributed by atoms with van der Waals surface area (Å²) >= 11 is 0. The number of rotatable bonds is 1. The standard InChI is InChI=1S/C7H6O.H3NO/c8-6-7-4-2-1-3-5-7;1-2/h1-6H;2H,1H2. The van der Waals surface area contributed by atoms with E-state index >= 15 is 0 Å². The third-order valence-corrected chi connectivity index (χ3v) is 0.936. The zero-order chi connectivity index (χ0) is 7.82. The van der Waals surface area contributed by atoms with E-state index in [0.717, 1.165) is 11.8 Å². The van der Waals surface area contributed by atoms with Crippen LogP contribution in [0.1, 0.15) is 10.4 Å². The van der Waals surface area contributed by atoms with Crippen LogP contribution in [0.25, 0.3) is 0 Å². The molecule has 0 spiro atoms.